The van der Waals surface area contributed by atoms with Gasteiger partial charge in [0.2, 0.25) is 0 Å². The van der Waals surface area contributed by atoms with Gasteiger partial charge in [-0.25, -0.2) is 0 Å². The predicted octanol–water partition coefficient (Wildman–Crippen LogP) is 4.08. The summed E-state index contributed by atoms with van der Waals surface area (Å²) in [6.07, 6.45) is 0. The Balaban J connectivity index is 1.78. The van der Waals surface area contributed by atoms with Crippen molar-refractivity contribution in [2.75, 3.05) is 10.2 Å². The molecule has 8 heteroatoms. The van der Waals surface area contributed by atoms with Crippen molar-refractivity contribution in [1.82, 2.24) is 0 Å². The number of nitrogens with one attached hydrogen (secondary N) is 1. The van der Waals surface area contributed by atoms with Crippen LogP contribution in [0.1, 0.15) is 22.8 Å². The molecule has 5 nitrogen and oxygen atoms in total. The number of carbonyl (C=O) groups is 2. The molecule has 0 saturated carbocycles. The predicted molar refractivity (Wildman–Crippen MR) is 117 cm³/mol. The lowest BCUT2D eigenvalue weighted by atomic mass is 10.1. The van der Waals surface area contributed by atoms with Crippen LogP contribution in [0.25, 0.3) is 0 Å². The van der Waals surface area contributed by atoms with Gasteiger partial charge in [0.25, 0.3) is 5.91 Å². The van der Waals surface area contributed by atoms with Crippen molar-refractivity contribution in [2.45, 2.75) is 19.1 Å². The summed E-state index contributed by atoms with van der Waals surface area (Å²) in [5, 5.41) is 12.3. The van der Waals surface area contributed by atoms with Crippen LogP contribution in [-0.2, 0) is 4.79 Å². The number of ketones is 1. The zero-order valence-electron chi connectivity index (χ0n) is 14.6. The molecule has 2 aromatic carbocycles. The number of aromatic hydroxyl groups is 1. The fourth-order valence-corrected chi connectivity index (χ4v) is 4.41. The fourth-order valence-electron chi connectivity index (χ4n) is 2.69. The van der Waals surface area contributed by atoms with Gasteiger partial charge in [0.15, 0.2) is 5.78 Å². The zero-order chi connectivity index (χ0) is 19.7. The fraction of sp³-hybridized carbons (Fsp3) is 0.158. The van der Waals surface area contributed by atoms with Gasteiger partial charge in [-0.2, -0.15) is 0 Å². The SMILES string of the molecule is CC(=O)c1ccc(NC(=S)C2SC(=S)N(c3cccc(C)c3)C2=O)cc1O. The molecule has 1 aliphatic heterocycles. The summed E-state index contributed by atoms with van der Waals surface area (Å²) in [6.45, 7) is 3.32. The number of benzene rings is 2. The number of rotatable bonds is 4. The van der Waals surface area contributed by atoms with Crippen molar-refractivity contribution in [2.24, 2.45) is 0 Å². The third-order valence-electron chi connectivity index (χ3n) is 3.99. The number of Topliss-reactive ketones (excluding diaryl/α,β-unsaturated/α-hetero) is 1. The average molecular weight is 417 g/mol. The van der Waals surface area contributed by atoms with Crippen LogP contribution in [0.2, 0.25) is 0 Å². The van der Waals surface area contributed by atoms with Crippen molar-refractivity contribution in [3.05, 3.63) is 53.6 Å². The average Bonchev–Trinajstić information content (AvgIpc) is 2.89. The van der Waals surface area contributed by atoms with E-state index in [0.29, 0.717) is 15.7 Å². The van der Waals surface area contributed by atoms with Crippen molar-refractivity contribution in [3.8, 4) is 5.75 Å². The smallest absolute Gasteiger partial charge is 0.253 e. The maximum absolute atomic E-state index is 12.9. The van der Waals surface area contributed by atoms with Gasteiger partial charge in [0.1, 0.15) is 20.3 Å². The van der Waals surface area contributed by atoms with Gasteiger partial charge in [-0.15, -0.1) is 0 Å². The monoisotopic (exact) mass is 416 g/mol. The van der Waals surface area contributed by atoms with Crippen LogP contribution in [0.5, 0.6) is 5.75 Å². The van der Waals surface area contributed by atoms with Crippen molar-refractivity contribution < 1.29 is 14.7 Å². The second-order valence-electron chi connectivity index (χ2n) is 6.05. The molecule has 138 valence electrons. The summed E-state index contributed by atoms with van der Waals surface area (Å²) >= 11 is 12.0. The van der Waals surface area contributed by atoms with Crippen LogP contribution in [0.3, 0.4) is 0 Å². The Morgan fingerprint density at radius 3 is 2.63 bits per heavy atom. The number of hydrogen-bond donors (Lipinski definition) is 2. The van der Waals surface area contributed by atoms with E-state index in [2.05, 4.69) is 5.32 Å². The van der Waals surface area contributed by atoms with E-state index in [9.17, 15) is 14.7 Å². The van der Waals surface area contributed by atoms with Crippen LogP contribution >= 0.6 is 36.2 Å². The van der Waals surface area contributed by atoms with Gasteiger partial charge in [0, 0.05) is 11.8 Å². The standard InChI is InChI=1S/C19H16N2O3S3/c1-10-4-3-5-13(8-10)21-18(24)16(27-19(21)26)17(25)20-12-6-7-14(11(2)22)15(23)9-12/h3-9,16,23H,1-2H3,(H,20,25). The van der Waals surface area contributed by atoms with Gasteiger partial charge < -0.3 is 10.4 Å². The highest BCUT2D eigenvalue weighted by Crippen LogP contribution is 2.34. The molecule has 2 N–H and O–H groups in total. The third-order valence-corrected chi connectivity index (χ3v) is 6.00. The van der Waals surface area contributed by atoms with Crippen molar-refractivity contribution in [1.29, 1.82) is 0 Å². The minimum absolute atomic E-state index is 0.141. The Morgan fingerprint density at radius 1 is 1.26 bits per heavy atom. The molecule has 27 heavy (non-hydrogen) atoms. The summed E-state index contributed by atoms with van der Waals surface area (Å²) in [4.78, 5) is 26.1. The van der Waals surface area contributed by atoms with Crippen LogP contribution in [-0.4, -0.2) is 31.4 Å². The summed E-state index contributed by atoms with van der Waals surface area (Å²) in [7, 11) is 0. The maximum Gasteiger partial charge on any atom is 0.253 e. The number of thiocarbonyl (C=S) groups is 2. The number of anilines is 2. The second-order valence-corrected chi connectivity index (χ2v) is 8.23. The first-order valence-electron chi connectivity index (χ1n) is 8.04. The minimum atomic E-state index is -0.650. The van der Waals surface area contributed by atoms with E-state index in [1.54, 1.807) is 6.07 Å². The first kappa shape index (κ1) is 19.5. The molecule has 0 radical (unpaired) electrons. The van der Waals surface area contributed by atoms with Gasteiger partial charge in [-0.1, -0.05) is 48.3 Å². The van der Waals surface area contributed by atoms with Gasteiger partial charge >= 0.3 is 0 Å². The van der Waals surface area contributed by atoms with Gasteiger partial charge in [-0.3, -0.25) is 14.5 Å². The van der Waals surface area contributed by atoms with Crippen LogP contribution < -0.4 is 10.2 Å². The normalized spacial score (nSPS) is 16.5. The van der Waals surface area contributed by atoms with Gasteiger partial charge in [0.05, 0.1) is 11.3 Å². The Labute approximate surface area is 171 Å². The number of hydrogen-bond acceptors (Lipinski definition) is 6. The lowest BCUT2D eigenvalue weighted by molar-refractivity contribution is -0.115. The topological polar surface area (TPSA) is 69.6 Å². The van der Waals surface area contributed by atoms with E-state index in [1.807, 2.05) is 31.2 Å². The Bertz CT molecular complexity index is 974. The number of amides is 1. The van der Waals surface area contributed by atoms with Gasteiger partial charge in [-0.05, 0) is 43.7 Å². The highest BCUT2D eigenvalue weighted by molar-refractivity contribution is 8.25. The summed E-state index contributed by atoms with van der Waals surface area (Å²) in [5.41, 5.74) is 2.46. The lowest BCUT2D eigenvalue weighted by Crippen LogP contribution is -2.36. The molecule has 1 atom stereocenters. The second kappa shape index (κ2) is 7.75. The van der Waals surface area contributed by atoms with Crippen LogP contribution in [0.4, 0.5) is 11.4 Å². The van der Waals surface area contributed by atoms with Crippen molar-refractivity contribution in [3.63, 3.8) is 0 Å². The highest BCUT2D eigenvalue weighted by Gasteiger charge is 2.40. The molecule has 1 aliphatic rings. The van der Waals surface area contributed by atoms with Crippen molar-refractivity contribution >= 4 is 68.6 Å². The Morgan fingerprint density at radius 2 is 2.00 bits per heavy atom. The molecule has 3 rings (SSSR count). The minimum Gasteiger partial charge on any atom is -0.507 e. The Hall–Kier alpha value is -2.29. The van der Waals surface area contributed by atoms with E-state index < -0.39 is 5.25 Å². The largest absolute Gasteiger partial charge is 0.507 e. The molecule has 0 bridgehead atoms. The molecule has 1 saturated heterocycles. The number of phenolic OH excluding ortho intramolecular Hbond substituents is 1. The first-order chi connectivity index (χ1) is 12.8. The number of carbonyl (C=O) groups excluding carboxylic acids is 2. The third kappa shape index (κ3) is 4.02. The number of thioether (sulfide) groups is 1. The summed E-state index contributed by atoms with van der Waals surface area (Å²) < 4.78 is 0.439. The van der Waals surface area contributed by atoms with E-state index in [4.69, 9.17) is 24.4 Å². The molecule has 1 fully saturated rings. The maximum atomic E-state index is 12.9. The molecular weight excluding hydrogens is 400 g/mol. The molecule has 1 unspecified atom stereocenters. The molecular formula is C19H16N2O3S3. The summed E-state index contributed by atoms with van der Waals surface area (Å²) in [6, 6.07) is 12.1. The molecule has 1 heterocycles. The first-order valence-corrected chi connectivity index (χ1v) is 9.73. The molecule has 1 amide bonds. The Kier molecular flexibility index (Phi) is 5.59. The molecule has 0 aliphatic carbocycles. The molecule has 0 spiro atoms. The highest BCUT2D eigenvalue weighted by atomic mass is 32.2. The van der Waals surface area contributed by atoms with E-state index >= 15 is 0 Å². The summed E-state index contributed by atoms with van der Waals surface area (Å²) in [5.74, 6) is -0.586. The van der Waals surface area contributed by atoms with Crippen LogP contribution in [0, 0.1) is 6.92 Å². The van der Waals surface area contributed by atoms with E-state index in [1.165, 1.54) is 35.7 Å². The van der Waals surface area contributed by atoms with E-state index in [0.717, 1.165) is 5.56 Å². The molecule has 0 aromatic heterocycles. The molecule has 2 aromatic rings. The number of aryl methyl sites for hydroxylation is 1. The lowest BCUT2D eigenvalue weighted by Gasteiger charge is -2.17. The quantitative estimate of drug-likeness (QED) is 0.575. The van der Waals surface area contributed by atoms with Crippen LogP contribution in [0.15, 0.2) is 42.5 Å². The van der Waals surface area contributed by atoms with E-state index in [-0.39, 0.29) is 28.0 Å². The zero-order valence-corrected chi connectivity index (χ0v) is 17.0. The number of phenols is 1. The number of nitrogens with zero attached hydrogens (tertiary/aromatic N) is 1.